The van der Waals surface area contributed by atoms with E-state index in [9.17, 15) is 19.8 Å². The number of rotatable bonds is 9. The van der Waals surface area contributed by atoms with Gasteiger partial charge in [-0.15, -0.1) is 0 Å². The number of hydrogen-bond donors (Lipinski definition) is 2. The predicted octanol–water partition coefficient (Wildman–Crippen LogP) is 3.57. The Labute approximate surface area is 193 Å². The van der Waals surface area contributed by atoms with Gasteiger partial charge in [0.15, 0.2) is 11.5 Å². The molecule has 1 atom stereocenters. The fourth-order valence-corrected chi connectivity index (χ4v) is 3.89. The smallest absolute Gasteiger partial charge is 0.295 e. The van der Waals surface area contributed by atoms with Gasteiger partial charge < -0.3 is 29.3 Å². The largest absolute Gasteiger partial charge is 0.507 e. The van der Waals surface area contributed by atoms with Crippen molar-refractivity contribution in [1.29, 1.82) is 0 Å². The summed E-state index contributed by atoms with van der Waals surface area (Å²) < 4.78 is 16.2. The van der Waals surface area contributed by atoms with Crippen LogP contribution < -0.4 is 9.47 Å². The summed E-state index contributed by atoms with van der Waals surface area (Å²) in [7, 11) is 1.50. The molecule has 8 nitrogen and oxygen atoms in total. The van der Waals surface area contributed by atoms with E-state index in [0.29, 0.717) is 30.1 Å². The number of benzene rings is 2. The Kier molecular flexibility index (Phi) is 7.60. The van der Waals surface area contributed by atoms with E-state index in [-0.39, 0.29) is 36.0 Å². The maximum absolute atomic E-state index is 13.1. The molecule has 8 heteroatoms. The lowest BCUT2D eigenvalue weighted by Crippen LogP contribution is -2.32. The van der Waals surface area contributed by atoms with E-state index in [1.807, 2.05) is 13.8 Å². The van der Waals surface area contributed by atoms with Crippen LogP contribution >= 0.6 is 0 Å². The average Bonchev–Trinajstić information content (AvgIpc) is 3.05. The quantitative estimate of drug-likeness (QED) is 0.338. The van der Waals surface area contributed by atoms with Gasteiger partial charge >= 0.3 is 0 Å². The minimum absolute atomic E-state index is 0.0344. The molecule has 2 aromatic rings. The number of hydrogen-bond acceptors (Lipinski definition) is 7. The molecule has 0 aliphatic carbocycles. The number of aromatic hydroxyl groups is 1. The number of methoxy groups -OCH3 is 1. The van der Waals surface area contributed by atoms with Gasteiger partial charge in [0, 0.05) is 19.2 Å². The molecule has 1 heterocycles. The Bertz CT molecular complexity index is 1080. The number of likely N-dealkylation sites (tertiary alicyclic amines) is 1. The molecule has 1 amide bonds. The SMILES string of the molecule is CCOc1ccc(/C(O)=C2/C(=O)C(=O)N(CCOC)C2c2ccc(O)c(OCC)c2)cc1C. The summed E-state index contributed by atoms with van der Waals surface area (Å²) in [5, 5.41) is 21.3. The topological polar surface area (TPSA) is 106 Å². The van der Waals surface area contributed by atoms with Gasteiger partial charge in [-0.25, -0.2) is 0 Å². The van der Waals surface area contributed by atoms with Crippen molar-refractivity contribution in [3.8, 4) is 17.2 Å². The first kappa shape index (κ1) is 24.1. The Balaban J connectivity index is 2.16. The monoisotopic (exact) mass is 455 g/mol. The van der Waals surface area contributed by atoms with Gasteiger partial charge in [0.25, 0.3) is 11.7 Å². The maximum atomic E-state index is 13.1. The lowest BCUT2D eigenvalue weighted by atomic mass is 9.94. The molecule has 0 saturated carbocycles. The molecule has 1 aliphatic heterocycles. The Hall–Kier alpha value is -3.52. The molecule has 176 valence electrons. The third kappa shape index (κ3) is 4.80. The van der Waals surface area contributed by atoms with E-state index in [0.717, 1.165) is 5.56 Å². The van der Waals surface area contributed by atoms with Crippen LogP contribution in [0.4, 0.5) is 0 Å². The minimum atomic E-state index is -0.869. The number of phenols is 1. The number of aliphatic hydroxyl groups excluding tert-OH is 1. The first-order chi connectivity index (χ1) is 15.8. The number of carbonyl (C=O) groups excluding carboxylic acids is 2. The van der Waals surface area contributed by atoms with Crippen LogP contribution in [0.2, 0.25) is 0 Å². The summed E-state index contributed by atoms with van der Waals surface area (Å²) in [5.74, 6) is -0.958. The van der Waals surface area contributed by atoms with Crippen LogP contribution in [-0.4, -0.2) is 60.3 Å². The minimum Gasteiger partial charge on any atom is -0.507 e. The number of ether oxygens (including phenoxy) is 3. The van der Waals surface area contributed by atoms with Gasteiger partial charge in [0.05, 0.1) is 31.4 Å². The van der Waals surface area contributed by atoms with Crippen LogP contribution in [-0.2, 0) is 14.3 Å². The molecule has 1 unspecified atom stereocenters. The van der Waals surface area contributed by atoms with Gasteiger partial charge in [-0.1, -0.05) is 6.07 Å². The Morgan fingerprint density at radius 1 is 1.03 bits per heavy atom. The summed E-state index contributed by atoms with van der Waals surface area (Å²) in [6.07, 6.45) is 0. The zero-order chi connectivity index (χ0) is 24.1. The summed E-state index contributed by atoms with van der Waals surface area (Å²) >= 11 is 0. The number of aliphatic hydroxyl groups is 1. The van der Waals surface area contributed by atoms with Crippen LogP contribution in [0.1, 0.15) is 36.6 Å². The highest BCUT2D eigenvalue weighted by molar-refractivity contribution is 6.46. The number of carbonyl (C=O) groups is 2. The third-order valence-corrected chi connectivity index (χ3v) is 5.42. The fraction of sp³-hybridized carbons (Fsp3) is 0.360. The maximum Gasteiger partial charge on any atom is 0.295 e. The lowest BCUT2D eigenvalue weighted by molar-refractivity contribution is -0.140. The molecular weight excluding hydrogens is 426 g/mol. The van der Waals surface area contributed by atoms with E-state index in [1.54, 1.807) is 37.3 Å². The number of Topliss-reactive ketones (excluding diaryl/α,β-unsaturated/α-hetero) is 1. The molecule has 0 aromatic heterocycles. The second-order valence-electron chi connectivity index (χ2n) is 7.56. The molecule has 0 radical (unpaired) electrons. The molecule has 1 aliphatic rings. The first-order valence-electron chi connectivity index (χ1n) is 10.8. The van der Waals surface area contributed by atoms with Gasteiger partial charge in [-0.05, 0) is 62.2 Å². The average molecular weight is 456 g/mol. The van der Waals surface area contributed by atoms with Gasteiger partial charge in [-0.3, -0.25) is 9.59 Å². The van der Waals surface area contributed by atoms with Crippen LogP contribution in [0.5, 0.6) is 17.2 Å². The lowest BCUT2D eigenvalue weighted by Gasteiger charge is -2.25. The molecule has 0 bridgehead atoms. The molecule has 1 fully saturated rings. The number of ketones is 1. The van der Waals surface area contributed by atoms with E-state index in [2.05, 4.69) is 0 Å². The highest BCUT2D eigenvalue weighted by Gasteiger charge is 2.46. The summed E-state index contributed by atoms with van der Waals surface area (Å²) in [5.41, 5.74) is 1.67. The highest BCUT2D eigenvalue weighted by atomic mass is 16.5. The Morgan fingerprint density at radius 2 is 1.73 bits per heavy atom. The van der Waals surface area contributed by atoms with Crippen LogP contribution in [0.25, 0.3) is 5.76 Å². The normalized spacial score (nSPS) is 17.5. The second kappa shape index (κ2) is 10.4. The Morgan fingerprint density at radius 3 is 2.36 bits per heavy atom. The van der Waals surface area contributed by atoms with E-state index >= 15 is 0 Å². The van der Waals surface area contributed by atoms with Crippen LogP contribution in [0, 0.1) is 6.92 Å². The van der Waals surface area contributed by atoms with Gasteiger partial charge in [0.1, 0.15) is 11.5 Å². The molecule has 0 spiro atoms. The number of nitrogens with zero attached hydrogens (tertiary/aromatic N) is 1. The van der Waals surface area contributed by atoms with Crippen molar-refractivity contribution in [2.75, 3.05) is 33.5 Å². The molecule has 1 saturated heterocycles. The first-order valence-corrected chi connectivity index (χ1v) is 10.8. The zero-order valence-electron chi connectivity index (χ0n) is 19.3. The second-order valence-corrected chi connectivity index (χ2v) is 7.56. The molecule has 33 heavy (non-hydrogen) atoms. The van der Waals surface area contributed by atoms with Crippen LogP contribution in [0.15, 0.2) is 42.0 Å². The van der Waals surface area contributed by atoms with E-state index in [4.69, 9.17) is 14.2 Å². The van der Waals surface area contributed by atoms with Crippen molar-refractivity contribution in [3.05, 3.63) is 58.7 Å². The van der Waals surface area contributed by atoms with E-state index < -0.39 is 17.7 Å². The highest BCUT2D eigenvalue weighted by Crippen LogP contribution is 2.42. The third-order valence-electron chi connectivity index (χ3n) is 5.42. The van der Waals surface area contributed by atoms with Gasteiger partial charge in [0.2, 0.25) is 0 Å². The van der Waals surface area contributed by atoms with Crippen molar-refractivity contribution >= 4 is 17.4 Å². The molecule has 3 rings (SSSR count). The standard InChI is InChI=1S/C25H29NO7/c1-5-32-19-10-8-17(13-15(19)3)23(28)21-22(26(11-12-31-4)25(30)24(21)29)16-7-9-18(27)20(14-16)33-6-2/h7-10,13-14,22,27-28H,5-6,11-12H2,1-4H3/b23-21-. The van der Waals surface area contributed by atoms with Crippen molar-refractivity contribution in [1.82, 2.24) is 4.90 Å². The van der Waals surface area contributed by atoms with Crippen molar-refractivity contribution in [2.45, 2.75) is 26.8 Å². The fourth-order valence-electron chi connectivity index (χ4n) is 3.89. The van der Waals surface area contributed by atoms with Crippen molar-refractivity contribution in [3.63, 3.8) is 0 Å². The summed E-state index contributed by atoms with van der Waals surface area (Å²) in [6.45, 7) is 6.68. The zero-order valence-corrected chi connectivity index (χ0v) is 19.3. The summed E-state index contributed by atoms with van der Waals surface area (Å²) in [4.78, 5) is 27.3. The van der Waals surface area contributed by atoms with Crippen molar-refractivity contribution in [2.24, 2.45) is 0 Å². The van der Waals surface area contributed by atoms with Gasteiger partial charge in [-0.2, -0.15) is 0 Å². The number of aryl methyl sites for hydroxylation is 1. The van der Waals surface area contributed by atoms with Crippen LogP contribution in [0.3, 0.4) is 0 Å². The molecular formula is C25H29NO7. The number of amides is 1. The number of phenolic OH excluding ortho intramolecular Hbond substituents is 1. The van der Waals surface area contributed by atoms with E-state index in [1.165, 1.54) is 18.1 Å². The molecule has 2 N–H and O–H groups in total. The molecule has 2 aromatic carbocycles. The summed E-state index contributed by atoms with van der Waals surface area (Å²) in [6, 6.07) is 8.83. The van der Waals surface area contributed by atoms with Crippen molar-refractivity contribution < 1.29 is 34.0 Å². The predicted molar refractivity (Wildman–Crippen MR) is 123 cm³/mol.